The maximum absolute atomic E-state index is 14.8. The lowest BCUT2D eigenvalue weighted by molar-refractivity contribution is -0.139. The first-order valence-electron chi connectivity index (χ1n) is 21.0. The Bertz CT molecular complexity index is 2330. The molecule has 5 N–H and O–H groups in total. The van der Waals surface area contributed by atoms with Gasteiger partial charge < -0.3 is 40.5 Å². The Morgan fingerprint density at radius 1 is 0.823 bits per heavy atom. The van der Waals surface area contributed by atoms with Gasteiger partial charge >= 0.3 is 12.2 Å². The predicted octanol–water partition coefficient (Wildman–Crippen LogP) is 6.25. The van der Waals surface area contributed by atoms with Gasteiger partial charge in [0.1, 0.15) is 24.3 Å². The van der Waals surface area contributed by atoms with Crippen molar-refractivity contribution in [3.05, 3.63) is 132 Å². The van der Waals surface area contributed by atoms with Crippen molar-refractivity contribution in [2.45, 2.75) is 76.2 Å². The molecule has 4 atom stereocenters. The minimum atomic E-state index is -1.11. The number of aliphatic imine (C=N–C) groups is 1. The van der Waals surface area contributed by atoms with Gasteiger partial charge in [0.2, 0.25) is 11.7 Å². The first kappa shape index (κ1) is 43.1. The zero-order valence-electron chi connectivity index (χ0n) is 34.4. The van der Waals surface area contributed by atoms with E-state index >= 15 is 0 Å². The molecule has 62 heavy (non-hydrogen) atoms. The molecule has 4 aromatic carbocycles. The fourth-order valence-electron chi connectivity index (χ4n) is 7.97. The molecule has 15 nitrogen and oxygen atoms in total. The monoisotopic (exact) mass is 841 g/mol. The number of fused-ring (bicyclic) bond motifs is 1. The van der Waals surface area contributed by atoms with Crippen LogP contribution in [0.5, 0.6) is 0 Å². The van der Waals surface area contributed by atoms with Crippen LogP contribution in [0, 0.1) is 5.92 Å². The Morgan fingerprint density at radius 3 is 2.19 bits per heavy atom. The van der Waals surface area contributed by atoms with Crippen molar-refractivity contribution in [1.82, 2.24) is 20.1 Å². The van der Waals surface area contributed by atoms with Gasteiger partial charge in [0.15, 0.2) is 17.3 Å². The van der Waals surface area contributed by atoms with E-state index in [1.54, 1.807) is 53.4 Å². The summed E-state index contributed by atoms with van der Waals surface area (Å²) in [6.45, 7) is 1.00. The average Bonchev–Trinajstić information content (AvgIpc) is 3.93. The van der Waals surface area contributed by atoms with Crippen LogP contribution in [0.4, 0.5) is 15.3 Å². The zero-order chi connectivity index (χ0) is 43.4. The highest BCUT2D eigenvalue weighted by molar-refractivity contribution is 6.00. The van der Waals surface area contributed by atoms with E-state index in [4.69, 9.17) is 25.4 Å². The van der Waals surface area contributed by atoms with E-state index in [9.17, 15) is 24.0 Å². The lowest BCUT2D eigenvalue weighted by atomic mass is 9.88. The first-order chi connectivity index (χ1) is 30.1. The fourth-order valence-corrected chi connectivity index (χ4v) is 7.97. The molecule has 0 bridgehead atoms. The molecule has 2 aliphatic heterocycles. The smallest absolute Gasteiger partial charge is 0.410 e. The molecule has 2 aliphatic rings. The van der Waals surface area contributed by atoms with E-state index in [-0.39, 0.29) is 50.7 Å². The molecule has 15 heteroatoms. The number of carbonyl (C=O) groups is 5. The standard InChI is InChI=1S/C47H51N7O8/c48-45(49)50-35-21-18-32(19-22-35)26-34(42(56)43-51-37-16-8-9-17-41(37)62-43)27-40(55)39-28-36(61-47(59)53-24-10-3-11-25-53)29-54(39)44(57)38(23-20-31-12-4-1-5-13-31)52-46(58)60-30-33-14-6-2-7-15-33/h1-2,4-9,12-19,21-22,34,36,38-39H,3,10-11,20,23-30H2,(H,52,58)(H4,48,49,50)/t34-,36-,38-,39+/m1/s1. The minimum absolute atomic E-state index is 0.00498. The van der Waals surface area contributed by atoms with Crippen LogP contribution >= 0.6 is 0 Å². The highest BCUT2D eigenvalue weighted by atomic mass is 16.6. The summed E-state index contributed by atoms with van der Waals surface area (Å²) in [5.41, 5.74) is 15.0. The second-order valence-corrected chi connectivity index (χ2v) is 15.7. The third-order valence-electron chi connectivity index (χ3n) is 11.2. The van der Waals surface area contributed by atoms with E-state index in [2.05, 4.69) is 15.3 Å². The van der Waals surface area contributed by atoms with E-state index in [1.165, 1.54) is 4.90 Å². The zero-order valence-corrected chi connectivity index (χ0v) is 34.4. The molecule has 3 amide bonds. The molecular weight excluding hydrogens is 791 g/mol. The van der Waals surface area contributed by atoms with Crippen molar-refractivity contribution < 1.29 is 37.9 Å². The number of carbonyl (C=O) groups excluding carboxylic acids is 5. The number of hydrogen-bond donors (Lipinski definition) is 3. The first-order valence-corrected chi connectivity index (χ1v) is 21.0. The molecule has 0 spiro atoms. The summed E-state index contributed by atoms with van der Waals surface area (Å²) in [5, 5.41) is 2.76. The largest absolute Gasteiger partial charge is 0.445 e. The van der Waals surface area contributed by atoms with Gasteiger partial charge in [-0.25, -0.2) is 19.6 Å². The Hall–Kier alpha value is -7.03. The van der Waals surface area contributed by atoms with Crippen molar-refractivity contribution in [3.8, 4) is 0 Å². The fraction of sp³-hybridized carbons (Fsp3) is 0.340. The number of nitrogens with two attached hydrogens (primary N) is 2. The Labute approximate surface area is 359 Å². The molecule has 7 rings (SSSR count). The number of oxazole rings is 1. The second-order valence-electron chi connectivity index (χ2n) is 15.7. The van der Waals surface area contributed by atoms with Gasteiger partial charge in [-0.2, -0.15) is 0 Å². The second kappa shape index (κ2) is 20.5. The molecule has 0 saturated carbocycles. The normalized spacial score (nSPS) is 17.2. The van der Waals surface area contributed by atoms with Gasteiger partial charge in [-0.3, -0.25) is 14.4 Å². The number of likely N-dealkylation sites (tertiary alicyclic amines) is 2. The Kier molecular flexibility index (Phi) is 14.2. The molecule has 2 fully saturated rings. The van der Waals surface area contributed by atoms with E-state index in [0.717, 1.165) is 30.4 Å². The van der Waals surface area contributed by atoms with Gasteiger partial charge in [-0.15, -0.1) is 0 Å². The molecule has 1 aromatic heterocycles. The molecule has 3 heterocycles. The molecule has 0 unspecified atom stereocenters. The van der Waals surface area contributed by atoms with Gasteiger partial charge in [-0.05, 0) is 79.5 Å². The van der Waals surface area contributed by atoms with Gasteiger partial charge in [0.25, 0.3) is 5.89 Å². The van der Waals surface area contributed by atoms with Crippen LogP contribution < -0.4 is 16.8 Å². The number of ether oxygens (including phenoxy) is 2. The number of piperidine rings is 1. The maximum Gasteiger partial charge on any atom is 0.410 e. The Morgan fingerprint density at radius 2 is 1.50 bits per heavy atom. The van der Waals surface area contributed by atoms with E-state index in [1.807, 2.05) is 60.7 Å². The summed E-state index contributed by atoms with van der Waals surface area (Å²) in [4.78, 5) is 82.1. The quantitative estimate of drug-likeness (QED) is 0.0574. The van der Waals surface area contributed by atoms with Crippen LogP contribution in [0.25, 0.3) is 11.1 Å². The summed E-state index contributed by atoms with van der Waals surface area (Å²) in [7, 11) is 0. The van der Waals surface area contributed by atoms with E-state index < -0.39 is 53.8 Å². The van der Waals surface area contributed by atoms with Crippen LogP contribution in [0.2, 0.25) is 0 Å². The van der Waals surface area contributed by atoms with Crippen LogP contribution in [-0.4, -0.2) is 88.2 Å². The van der Waals surface area contributed by atoms with Gasteiger partial charge in [0.05, 0.1) is 18.3 Å². The van der Waals surface area contributed by atoms with Gasteiger partial charge in [0, 0.05) is 31.8 Å². The number of benzene rings is 4. The van der Waals surface area contributed by atoms with Crippen LogP contribution in [0.1, 0.15) is 65.9 Å². The summed E-state index contributed by atoms with van der Waals surface area (Å²) in [6, 6.07) is 30.4. The minimum Gasteiger partial charge on any atom is -0.445 e. The predicted molar refractivity (Wildman–Crippen MR) is 231 cm³/mol. The number of Topliss-reactive ketones (excluding diaryl/α,β-unsaturated/α-hetero) is 2. The SMILES string of the molecule is NC(N)=Nc1ccc(C[C@H](CC(=O)[C@@H]2C[C@@H](OC(=O)N3CCCCC3)CN2C(=O)[C@@H](CCc2ccccc2)NC(=O)OCc2ccccc2)C(=O)c2nc3ccccc3o2)cc1. The number of hydrogen-bond acceptors (Lipinski definition) is 10. The molecule has 0 radical (unpaired) electrons. The van der Waals surface area contributed by atoms with Gasteiger partial charge in [-0.1, -0.05) is 84.9 Å². The molecule has 2 saturated heterocycles. The van der Waals surface area contributed by atoms with Crippen LogP contribution in [0.3, 0.4) is 0 Å². The summed E-state index contributed by atoms with van der Waals surface area (Å²) in [5.74, 6) is -2.66. The number of aryl methyl sites for hydroxylation is 1. The van der Waals surface area contributed by atoms with E-state index in [0.29, 0.717) is 41.9 Å². The van der Waals surface area contributed by atoms with Crippen molar-refractivity contribution >= 4 is 52.4 Å². The Balaban J connectivity index is 1.16. The molecule has 5 aromatic rings. The highest BCUT2D eigenvalue weighted by Gasteiger charge is 2.45. The topological polar surface area (TPSA) is 213 Å². The number of ketones is 2. The van der Waals surface area contributed by atoms with Crippen molar-refractivity contribution in [1.29, 1.82) is 0 Å². The third kappa shape index (κ3) is 11.4. The summed E-state index contributed by atoms with van der Waals surface area (Å²) < 4.78 is 17.4. The number of para-hydroxylation sites is 2. The highest BCUT2D eigenvalue weighted by Crippen LogP contribution is 2.29. The third-order valence-corrected chi connectivity index (χ3v) is 11.2. The number of aromatic nitrogens is 1. The van der Waals surface area contributed by atoms with Crippen LogP contribution in [0.15, 0.2) is 119 Å². The number of nitrogens with one attached hydrogen (secondary N) is 1. The number of alkyl carbamates (subject to hydrolysis) is 1. The molecule has 322 valence electrons. The summed E-state index contributed by atoms with van der Waals surface area (Å²) in [6.07, 6.45) is 1.04. The number of amides is 3. The van der Waals surface area contributed by atoms with Crippen molar-refractivity contribution in [2.75, 3.05) is 19.6 Å². The number of nitrogens with zero attached hydrogens (tertiary/aromatic N) is 4. The lowest BCUT2D eigenvalue weighted by Gasteiger charge is -2.29. The number of rotatable bonds is 16. The maximum atomic E-state index is 14.8. The molecule has 0 aliphatic carbocycles. The number of guanidine groups is 1. The van der Waals surface area contributed by atoms with Crippen molar-refractivity contribution in [3.63, 3.8) is 0 Å². The average molecular weight is 842 g/mol. The molecular formula is C47H51N7O8. The lowest BCUT2D eigenvalue weighted by Crippen LogP contribution is -2.52. The van der Waals surface area contributed by atoms with Crippen LogP contribution in [-0.2, 0) is 38.5 Å². The van der Waals surface area contributed by atoms with Crippen molar-refractivity contribution in [2.24, 2.45) is 22.4 Å². The summed E-state index contributed by atoms with van der Waals surface area (Å²) >= 11 is 0.